The number of benzene rings is 2. The number of anilines is 1. The second kappa shape index (κ2) is 9.29. The molecule has 176 valence electrons. The second-order valence-corrected chi connectivity index (χ2v) is 8.67. The van der Waals surface area contributed by atoms with Crippen molar-refractivity contribution in [3.05, 3.63) is 70.7 Å². The van der Waals surface area contributed by atoms with Crippen molar-refractivity contribution in [1.82, 2.24) is 14.9 Å². The molecule has 0 unspecified atom stereocenters. The standard InChI is InChI=1S/C26H27FN4O3/c1-17-14-20(8-9-22(17)27)34-24-21-16-31(25(32)18-6-5-7-19(15-18)33-2)13-10-23(21)28-26(29-24)30-11-3-4-12-30/h5-9,14-15H,3-4,10-13,16H2,1-2H3. The molecule has 2 aromatic carbocycles. The van der Waals surface area contributed by atoms with Gasteiger partial charge in [0, 0.05) is 31.6 Å². The van der Waals surface area contributed by atoms with Crippen LogP contribution in [-0.4, -0.2) is 47.5 Å². The molecule has 3 heterocycles. The fourth-order valence-corrected chi connectivity index (χ4v) is 4.42. The predicted molar refractivity (Wildman–Crippen MR) is 126 cm³/mol. The van der Waals surface area contributed by atoms with Gasteiger partial charge >= 0.3 is 0 Å². The number of halogens is 1. The normalized spacial score (nSPS) is 15.3. The summed E-state index contributed by atoms with van der Waals surface area (Å²) < 4.78 is 25.2. The van der Waals surface area contributed by atoms with Crippen LogP contribution in [0, 0.1) is 12.7 Å². The maximum Gasteiger partial charge on any atom is 0.254 e. The molecule has 8 heteroatoms. The lowest BCUT2D eigenvalue weighted by molar-refractivity contribution is 0.0731. The highest BCUT2D eigenvalue weighted by atomic mass is 19.1. The lowest BCUT2D eigenvalue weighted by Gasteiger charge is -2.30. The number of rotatable bonds is 5. The molecule has 3 aromatic rings. The zero-order valence-electron chi connectivity index (χ0n) is 19.4. The molecule has 0 aliphatic carbocycles. The summed E-state index contributed by atoms with van der Waals surface area (Å²) >= 11 is 0. The summed E-state index contributed by atoms with van der Waals surface area (Å²) in [6.45, 7) is 4.40. The summed E-state index contributed by atoms with van der Waals surface area (Å²) in [5, 5.41) is 0. The Bertz CT molecular complexity index is 1230. The van der Waals surface area contributed by atoms with Crippen LogP contribution in [0.1, 0.15) is 40.0 Å². The Morgan fingerprint density at radius 1 is 1.03 bits per heavy atom. The SMILES string of the molecule is COc1cccc(C(=O)N2CCc3nc(N4CCCC4)nc(Oc4ccc(F)c(C)c4)c3C2)c1. The first kappa shape index (κ1) is 22.1. The Kier molecular flexibility index (Phi) is 6.04. The zero-order chi connectivity index (χ0) is 23.7. The van der Waals surface area contributed by atoms with Crippen LogP contribution >= 0.6 is 0 Å². The fraction of sp³-hybridized carbons (Fsp3) is 0.346. The van der Waals surface area contributed by atoms with Gasteiger partial charge in [0.15, 0.2) is 0 Å². The van der Waals surface area contributed by atoms with Crippen molar-refractivity contribution in [1.29, 1.82) is 0 Å². The summed E-state index contributed by atoms with van der Waals surface area (Å²) in [4.78, 5) is 26.8. The van der Waals surface area contributed by atoms with Crippen molar-refractivity contribution in [2.45, 2.75) is 32.7 Å². The smallest absolute Gasteiger partial charge is 0.254 e. The molecule has 5 rings (SSSR count). The third kappa shape index (κ3) is 4.40. The van der Waals surface area contributed by atoms with Crippen LogP contribution in [0.5, 0.6) is 17.4 Å². The van der Waals surface area contributed by atoms with Crippen molar-refractivity contribution >= 4 is 11.9 Å². The van der Waals surface area contributed by atoms with Gasteiger partial charge in [-0.3, -0.25) is 4.79 Å². The van der Waals surface area contributed by atoms with E-state index in [4.69, 9.17) is 19.4 Å². The molecule has 1 amide bonds. The van der Waals surface area contributed by atoms with Gasteiger partial charge in [0.1, 0.15) is 17.3 Å². The summed E-state index contributed by atoms with van der Waals surface area (Å²) in [5.74, 6) is 1.83. The number of fused-ring (bicyclic) bond motifs is 1. The fourth-order valence-electron chi connectivity index (χ4n) is 4.42. The van der Waals surface area contributed by atoms with E-state index in [1.807, 2.05) is 6.07 Å². The van der Waals surface area contributed by atoms with E-state index in [-0.39, 0.29) is 11.7 Å². The van der Waals surface area contributed by atoms with Gasteiger partial charge in [0.2, 0.25) is 11.8 Å². The molecule has 1 saturated heterocycles. The van der Waals surface area contributed by atoms with Crippen molar-refractivity contribution in [3.8, 4) is 17.4 Å². The summed E-state index contributed by atoms with van der Waals surface area (Å²) in [6.07, 6.45) is 2.82. The van der Waals surface area contributed by atoms with E-state index in [1.54, 1.807) is 49.3 Å². The largest absolute Gasteiger partial charge is 0.497 e. The van der Waals surface area contributed by atoms with Gasteiger partial charge in [-0.05, 0) is 61.7 Å². The lowest BCUT2D eigenvalue weighted by atomic mass is 10.0. The average Bonchev–Trinajstić information content (AvgIpc) is 3.41. The van der Waals surface area contributed by atoms with Crippen molar-refractivity contribution in [2.24, 2.45) is 0 Å². The van der Waals surface area contributed by atoms with Crippen LogP contribution < -0.4 is 14.4 Å². The number of nitrogens with zero attached hydrogens (tertiary/aromatic N) is 4. The number of hydrogen-bond donors (Lipinski definition) is 0. The molecule has 0 saturated carbocycles. The highest BCUT2D eigenvalue weighted by Crippen LogP contribution is 2.33. The minimum Gasteiger partial charge on any atom is -0.497 e. The number of ether oxygens (including phenoxy) is 2. The highest BCUT2D eigenvalue weighted by Gasteiger charge is 2.29. The Balaban J connectivity index is 1.48. The van der Waals surface area contributed by atoms with Gasteiger partial charge in [-0.2, -0.15) is 4.98 Å². The topological polar surface area (TPSA) is 67.8 Å². The number of hydrogen-bond acceptors (Lipinski definition) is 6. The van der Waals surface area contributed by atoms with Crippen LogP contribution in [0.15, 0.2) is 42.5 Å². The number of aromatic nitrogens is 2. The first-order chi connectivity index (χ1) is 16.5. The predicted octanol–water partition coefficient (Wildman–Crippen LogP) is 4.52. The van der Waals surface area contributed by atoms with Crippen LogP contribution in [0.4, 0.5) is 10.3 Å². The molecule has 0 N–H and O–H groups in total. The van der Waals surface area contributed by atoms with Crippen LogP contribution in [0.3, 0.4) is 0 Å². The molecule has 2 aliphatic rings. The number of aryl methyl sites for hydroxylation is 1. The molecule has 2 aliphatic heterocycles. The van der Waals surface area contributed by atoms with Gasteiger partial charge in [0.05, 0.1) is 24.9 Å². The van der Waals surface area contributed by atoms with Gasteiger partial charge in [0.25, 0.3) is 5.91 Å². The first-order valence-corrected chi connectivity index (χ1v) is 11.5. The first-order valence-electron chi connectivity index (χ1n) is 11.5. The molecule has 7 nitrogen and oxygen atoms in total. The quantitative estimate of drug-likeness (QED) is 0.555. The Labute approximate surface area is 198 Å². The van der Waals surface area contributed by atoms with Crippen LogP contribution in [-0.2, 0) is 13.0 Å². The monoisotopic (exact) mass is 462 g/mol. The lowest BCUT2D eigenvalue weighted by Crippen LogP contribution is -2.37. The molecule has 0 spiro atoms. The number of methoxy groups -OCH3 is 1. The van der Waals surface area contributed by atoms with Gasteiger partial charge < -0.3 is 19.3 Å². The van der Waals surface area contributed by atoms with Crippen molar-refractivity contribution in [2.75, 3.05) is 31.6 Å². The second-order valence-electron chi connectivity index (χ2n) is 8.67. The van der Waals surface area contributed by atoms with Crippen LogP contribution in [0.25, 0.3) is 0 Å². The molecule has 0 bridgehead atoms. The molecular formula is C26H27FN4O3. The highest BCUT2D eigenvalue weighted by molar-refractivity contribution is 5.94. The molecule has 1 aromatic heterocycles. The maximum absolute atomic E-state index is 13.8. The van der Waals surface area contributed by atoms with E-state index in [2.05, 4.69) is 4.90 Å². The molecule has 0 atom stereocenters. The summed E-state index contributed by atoms with van der Waals surface area (Å²) in [5.41, 5.74) is 2.73. The average molecular weight is 463 g/mol. The Morgan fingerprint density at radius 3 is 2.62 bits per heavy atom. The van der Waals surface area contributed by atoms with E-state index in [9.17, 15) is 9.18 Å². The minimum atomic E-state index is -0.287. The third-order valence-electron chi connectivity index (χ3n) is 6.35. The number of carbonyl (C=O) groups excluding carboxylic acids is 1. The maximum atomic E-state index is 13.8. The number of amides is 1. The molecule has 1 fully saturated rings. The van der Waals surface area contributed by atoms with E-state index >= 15 is 0 Å². The Hall–Kier alpha value is -3.68. The molecule has 0 radical (unpaired) electrons. The Morgan fingerprint density at radius 2 is 1.85 bits per heavy atom. The van der Waals surface area contributed by atoms with Crippen molar-refractivity contribution < 1.29 is 18.7 Å². The van der Waals surface area contributed by atoms with Crippen LogP contribution in [0.2, 0.25) is 0 Å². The summed E-state index contributed by atoms with van der Waals surface area (Å²) in [6, 6.07) is 11.8. The van der Waals surface area contributed by atoms with Gasteiger partial charge in [-0.1, -0.05) is 6.07 Å². The zero-order valence-corrected chi connectivity index (χ0v) is 19.4. The van der Waals surface area contributed by atoms with Gasteiger partial charge in [-0.15, -0.1) is 0 Å². The van der Waals surface area contributed by atoms with E-state index in [0.717, 1.165) is 37.2 Å². The van der Waals surface area contributed by atoms with E-state index < -0.39 is 0 Å². The van der Waals surface area contributed by atoms with Gasteiger partial charge in [-0.25, -0.2) is 9.37 Å². The minimum absolute atomic E-state index is 0.0863. The van der Waals surface area contributed by atoms with E-state index in [0.29, 0.717) is 54.0 Å². The summed E-state index contributed by atoms with van der Waals surface area (Å²) in [7, 11) is 1.58. The third-order valence-corrected chi connectivity index (χ3v) is 6.35. The van der Waals surface area contributed by atoms with E-state index in [1.165, 1.54) is 6.07 Å². The molecular weight excluding hydrogens is 435 g/mol. The van der Waals surface area contributed by atoms with Crippen molar-refractivity contribution in [3.63, 3.8) is 0 Å². The molecule has 34 heavy (non-hydrogen) atoms. The number of carbonyl (C=O) groups is 1.